The van der Waals surface area contributed by atoms with Crippen molar-refractivity contribution in [2.45, 2.75) is 11.1 Å². The zero-order chi connectivity index (χ0) is 28.0. The Kier molecular flexibility index (Phi) is 8.59. The van der Waals surface area contributed by atoms with Crippen LogP contribution in [0.1, 0.15) is 5.56 Å². The number of benzene rings is 3. The molecular formula is C27H27N3O7S2. The molecule has 4 aromatic rings. The molecule has 0 radical (unpaired) electrons. The summed E-state index contributed by atoms with van der Waals surface area (Å²) in [6.07, 6.45) is 0. The Balaban J connectivity index is 1.44. The minimum Gasteiger partial charge on any atom is -0.504 e. The number of phenols is 2. The largest absolute Gasteiger partial charge is 0.504 e. The first-order valence-electron chi connectivity index (χ1n) is 11.7. The molecule has 0 aliphatic heterocycles. The number of sulfonamides is 1. The third kappa shape index (κ3) is 6.99. The molecule has 0 unspecified atom stereocenters. The molecular weight excluding hydrogens is 542 g/mol. The number of aryl methyl sites for hydroxylation is 1. The Labute approximate surface area is 229 Å². The van der Waals surface area contributed by atoms with Crippen LogP contribution in [0.25, 0.3) is 11.1 Å². The second-order valence-electron chi connectivity index (χ2n) is 8.38. The highest BCUT2D eigenvalue weighted by Gasteiger charge is 2.23. The van der Waals surface area contributed by atoms with E-state index in [2.05, 4.69) is 15.4 Å². The van der Waals surface area contributed by atoms with Crippen LogP contribution in [0.5, 0.6) is 28.7 Å². The number of rotatable bonds is 10. The van der Waals surface area contributed by atoms with Crippen molar-refractivity contribution in [3.8, 4) is 39.9 Å². The Morgan fingerprint density at radius 2 is 1.74 bits per heavy atom. The molecule has 12 heteroatoms. The van der Waals surface area contributed by atoms with Crippen LogP contribution < -0.4 is 24.8 Å². The van der Waals surface area contributed by atoms with Gasteiger partial charge in [-0.2, -0.15) is 0 Å². The van der Waals surface area contributed by atoms with Crippen molar-refractivity contribution in [1.29, 1.82) is 0 Å². The minimum atomic E-state index is -3.92. The number of carbonyl (C=O) groups excluding carboxylic acids is 1. The van der Waals surface area contributed by atoms with E-state index in [9.17, 15) is 23.4 Å². The second kappa shape index (κ2) is 12.1. The van der Waals surface area contributed by atoms with E-state index in [4.69, 9.17) is 9.47 Å². The Hall–Kier alpha value is -4.26. The molecule has 3 aromatic carbocycles. The van der Waals surface area contributed by atoms with Crippen molar-refractivity contribution in [2.24, 2.45) is 0 Å². The zero-order valence-corrected chi connectivity index (χ0v) is 22.7. The molecule has 10 nitrogen and oxygen atoms in total. The summed E-state index contributed by atoms with van der Waals surface area (Å²) in [7, 11) is -2.40. The van der Waals surface area contributed by atoms with Gasteiger partial charge in [0, 0.05) is 42.0 Å². The average molecular weight is 570 g/mol. The SMILES string of the molecule is COc1cccc(NC(=O)NCCNS(=O)(=O)c2sccc2-c2ccc(C)cc2Oc2ccc(O)c(O)c2)c1. The summed E-state index contributed by atoms with van der Waals surface area (Å²) >= 11 is 1.05. The lowest BCUT2D eigenvalue weighted by molar-refractivity contribution is 0.252. The fourth-order valence-corrected chi connectivity index (χ4v) is 6.09. The highest BCUT2D eigenvalue weighted by Crippen LogP contribution is 2.40. The normalized spacial score (nSPS) is 11.1. The van der Waals surface area contributed by atoms with Gasteiger partial charge < -0.3 is 30.3 Å². The van der Waals surface area contributed by atoms with E-state index in [1.807, 2.05) is 13.0 Å². The van der Waals surface area contributed by atoms with Crippen LogP contribution >= 0.6 is 11.3 Å². The predicted octanol–water partition coefficient (Wildman–Crippen LogP) is 5.04. The van der Waals surface area contributed by atoms with E-state index in [-0.39, 0.29) is 34.5 Å². The van der Waals surface area contributed by atoms with Crippen LogP contribution in [0, 0.1) is 6.92 Å². The molecule has 0 aliphatic rings. The fourth-order valence-electron chi connectivity index (χ4n) is 3.64. The van der Waals surface area contributed by atoms with Crippen molar-refractivity contribution in [3.63, 3.8) is 0 Å². The fraction of sp³-hybridized carbons (Fsp3) is 0.148. The number of carbonyl (C=O) groups is 1. The summed E-state index contributed by atoms with van der Waals surface area (Å²) in [6, 6.07) is 17.5. The summed E-state index contributed by atoms with van der Waals surface area (Å²) in [5.41, 5.74) is 2.39. The van der Waals surface area contributed by atoms with Gasteiger partial charge in [-0.25, -0.2) is 17.9 Å². The van der Waals surface area contributed by atoms with Crippen molar-refractivity contribution in [3.05, 3.63) is 77.7 Å². The Morgan fingerprint density at radius 1 is 0.923 bits per heavy atom. The van der Waals surface area contributed by atoms with Crippen LogP contribution in [-0.4, -0.2) is 44.9 Å². The summed E-state index contributed by atoms with van der Waals surface area (Å²) in [4.78, 5) is 12.2. The second-order valence-corrected chi connectivity index (χ2v) is 11.3. The molecule has 204 valence electrons. The summed E-state index contributed by atoms with van der Waals surface area (Å²) in [6.45, 7) is 1.89. The van der Waals surface area contributed by atoms with Crippen LogP contribution in [0.4, 0.5) is 10.5 Å². The van der Waals surface area contributed by atoms with Gasteiger partial charge in [0.2, 0.25) is 0 Å². The summed E-state index contributed by atoms with van der Waals surface area (Å²) in [5.74, 6) is 0.626. The lowest BCUT2D eigenvalue weighted by Crippen LogP contribution is -2.36. The van der Waals surface area contributed by atoms with Gasteiger partial charge in [0.15, 0.2) is 11.5 Å². The van der Waals surface area contributed by atoms with Crippen molar-refractivity contribution >= 4 is 33.1 Å². The van der Waals surface area contributed by atoms with E-state index in [1.165, 1.54) is 25.3 Å². The van der Waals surface area contributed by atoms with Gasteiger partial charge in [-0.15, -0.1) is 11.3 Å². The van der Waals surface area contributed by atoms with E-state index in [0.29, 0.717) is 28.3 Å². The number of anilines is 1. The lowest BCUT2D eigenvalue weighted by Gasteiger charge is -2.14. The Bertz CT molecular complexity index is 1590. The van der Waals surface area contributed by atoms with Gasteiger partial charge in [0.1, 0.15) is 21.5 Å². The first-order chi connectivity index (χ1) is 18.7. The number of thiophene rings is 1. The van der Waals surface area contributed by atoms with Gasteiger partial charge in [-0.1, -0.05) is 18.2 Å². The standard InChI is InChI=1S/C27H27N3O7S2/c1-17-6-8-21(25(14-17)37-20-7-9-23(31)24(32)16-20)22-10-13-38-26(22)39(34,35)29-12-11-28-27(33)30-18-4-3-5-19(15-18)36-2/h3-10,13-16,29,31-32H,11-12H2,1-2H3,(H2,28,30,33). The molecule has 5 N–H and O–H groups in total. The topological polar surface area (TPSA) is 146 Å². The van der Waals surface area contributed by atoms with Crippen LogP contribution in [-0.2, 0) is 10.0 Å². The molecule has 0 bridgehead atoms. The van der Waals surface area contributed by atoms with Crippen LogP contribution in [0.2, 0.25) is 0 Å². The number of ether oxygens (including phenoxy) is 2. The number of urea groups is 1. The summed E-state index contributed by atoms with van der Waals surface area (Å²) < 4.78 is 40.0. The molecule has 2 amide bonds. The molecule has 1 aromatic heterocycles. The maximum Gasteiger partial charge on any atom is 0.319 e. The van der Waals surface area contributed by atoms with Crippen molar-refractivity contribution in [2.75, 3.05) is 25.5 Å². The highest BCUT2D eigenvalue weighted by atomic mass is 32.2. The molecule has 0 saturated heterocycles. The monoisotopic (exact) mass is 569 g/mol. The smallest absolute Gasteiger partial charge is 0.319 e. The number of hydrogen-bond donors (Lipinski definition) is 5. The molecule has 0 atom stereocenters. The predicted molar refractivity (Wildman–Crippen MR) is 150 cm³/mol. The number of phenolic OH excluding ortho intramolecular Hbond substituents is 2. The molecule has 4 rings (SSSR count). The quantitative estimate of drug-likeness (QED) is 0.133. The average Bonchev–Trinajstić information content (AvgIpc) is 3.40. The lowest BCUT2D eigenvalue weighted by atomic mass is 10.1. The van der Waals surface area contributed by atoms with E-state index < -0.39 is 16.1 Å². The molecule has 39 heavy (non-hydrogen) atoms. The van der Waals surface area contributed by atoms with Crippen molar-refractivity contribution < 1.29 is 32.9 Å². The van der Waals surface area contributed by atoms with Crippen molar-refractivity contribution in [1.82, 2.24) is 10.0 Å². The van der Waals surface area contributed by atoms with E-state index >= 15 is 0 Å². The molecule has 0 aliphatic carbocycles. The van der Waals surface area contributed by atoms with Gasteiger partial charge in [-0.05, 0) is 54.3 Å². The van der Waals surface area contributed by atoms with Crippen LogP contribution in [0.3, 0.4) is 0 Å². The van der Waals surface area contributed by atoms with E-state index in [1.54, 1.807) is 47.8 Å². The first kappa shape index (κ1) is 27.8. The zero-order valence-electron chi connectivity index (χ0n) is 21.1. The number of aromatic hydroxyl groups is 2. The first-order valence-corrected chi connectivity index (χ1v) is 14.1. The highest BCUT2D eigenvalue weighted by molar-refractivity contribution is 7.91. The maximum atomic E-state index is 13.2. The Morgan fingerprint density at radius 3 is 2.51 bits per heavy atom. The third-order valence-electron chi connectivity index (χ3n) is 5.51. The van der Waals surface area contributed by atoms with Crippen LogP contribution in [0.15, 0.2) is 76.3 Å². The van der Waals surface area contributed by atoms with E-state index in [0.717, 1.165) is 16.9 Å². The minimum absolute atomic E-state index is 0.0325. The van der Waals surface area contributed by atoms with Gasteiger partial charge in [0.05, 0.1) is 7.11 Å². The molecule has 0 fully saturated rings. The third-order valence-corrected chi connectivity index (χ3v) is 8.45. The number of amides is 2. The summed E-state index contributed by atoms with van der Waals surface area (Å²) in [5, 5.41) is 26.3. The van der Waals surface area contributed by atoms with Gasteiger partial charge in [0.25, 0.3) is 10.0 Å². The number of methoxy groups -OCH3 is 1. The molecule has 0 saturated carbocycles. The van der Waals surface area contributed by atoms with Gasteiger partial charge >= 0.3 is 6.03 Å². The maximum absolute atomic E-state index is 13.2. The number of nitrogens with one attached hydrogen (secondary N) is 3. The number of hydrogen-bond acceptors (Lipinski definition) is 8. The molecule has 0 spiro atoms. The molecule has 1 heterocycles. The van der Waals surface area contributed by atoms with Gasteiger partial charge in [-0.3, -0.25) is 0 Å².